The summed E-state index contributed by atoms with van der Waals surface area (Å²) in [6.45, 7) is 1.68. The molecule has 3 aromatic carbocycles. The van der Waals surface area contributed by atoms with Crippen molar-refractivity contribution in [2.75, 3.05) is 18.3 Å². The van der Waals surface area contributed by atoms with Crippen molar-refractivity contribution in [3.05, 3.63) is 78.6 Å². The third-order valence-corrected chi connectivity index (χ3v) is 5.85. The largest absolute Gasteiger partial charge is 0.508 e. The summed E-state index contributed by atoms with van der Waals surface area (Å²) in [5.41, 5.74) is 2.90. The van der Waals surface area contributed by atoms with Crippen LogP contribution in [0.25, 0.3) is 10.9 Å². The second-order valence-electron chi connectivity index (χ2n) is 7.84. The maximum atomic E-state index is 11.5. The molecule has 2 N–H and O–H groups in total. The quantitative estimate of drug-likeness (QED) is 0.394. The normalized spacial score (nSPS) is 12.0. The van der Waals surface area contributed by atoms with Crippen molar-refractivity contribution in [2.24, 2.45) is 0 Å². The number of nitrogens with one attached hydrogen (secondary N) is 1. The average Bonchev–Trinajstić information content (AvgIpc) is 2.83. The molecule has 0 bridgehead atoms. The van der Waals surface area contributed by atoms with Gasteiger partial charge in [-0.1, -0.05) is 30.0 Å². The Bertz CT molecular complexity index is 1530. The molecule has 0 amide bonds. The fourth-order valence-electron chi connectivity index (χ4n) is 3.64. The number of phenolic OH excluding ortho intramolecular Hbond substituents is 1. The number of rotatable bonds is 6. The molecule has 0 aliphatic heterocycles. The van der Waals surface area contributed by atoms with E-state index in [4.69, 9.17) is 4.74 Å². The predicted octanol–water partition coefficient (Wildman–Crippen LogP) is 4.10. The topological polar surface area (TPSA) is 105 Å². The first kappa shape index (κ1) is 24.0. The molecule has 1 unspecified atom stereocenters. The summed E-state index contributed by atoms with van der Waals surface area (Å²) in [7, 11) is -1.82. The maximum absolute atomic E-state index is 11.5. The Morgan fingerprint density at radius 2 is 1.83 bits per heavy atom. The fraction of sp³-hybridized carbons (Fsp3) is 0.154. The number of methoxy groups -OCH3 is 1. The van der Waals surface area contributed by atoms with E-state index in [1.807, 2.05) is 53.4 Å². The van der Waals surface area contributed by atoms with E-state index in [1.165, 1.54) is 6.33 Å². The summed E-state index contributed by atoms with van der Waals surface area (Å²) in [5.74, 6) is 7.09. The number of aromatic nitrogens is 2. The molecule has 0 spiro atoms. The number of benzene rings is 3. The molecule has 4 aromatic rings. The highest BCUT2D eigenvalue weighted by Gasteiger charge is 2.21. The van der Waals surface area contributed by atoms with E-state index in [0.717, 1.165) is 17.3 Å². The van der Waals surface area contributed by atoms with Crippen LogP contribution in [0.15, 0.2) is 73.1 Å². The maximum Gasteiger partial charge on any atom is 0.209 e. The summed E-state index contributed by atoms with van der Waals surface area (Å²) in [6, 6.07) is 19.5. The second-order valence-corrected chi connectivity index (χ2v) is 9.62. The number of para-hydroxylation sites is 1. The van der Waals surface area contributed by atoms with Crippen LogP contribution in [0.1, 0.15) is 12.5 Å². The van der Waals surface area contributed by atoms with Crippen molar-refractivity contribution in [1.29, 1.82) is 0 Å². The van der Waals surface area contributed by atoms with Crippen molar-refractivity contribution >= 4 is 38.1 Å². The highest BCUT2D eigenvalue weighted by Crippen LogP contribution is 2.42. The monoisotopic (exact) mass is 488 g/mol. The molecule has 0 radical (unpaired) electrons. The van der Waals surface area contributed by atoms with Gasteiger partial charge in [-0.15, -0.1) is 0 Å². The van der Waals surface area contributed by atoms with Crippen LogP contribution in [0.3, 0.4) is 0 Å². The highest BCUT2D eigenvalue weighted by atomic mass is 32.2. The van der Waals surface area contributed by atoms with Gasteiger partial charge in [0.1, 0.15) is 23.6 Å². The van der Waals surface area contributed by atoms with Gasteiger partial charge in [-0.05, 0) is 49.4 Å². The van der Waals surface area contributed by atoms with Crippen molar-refractivity contribution in [3.8, 4) is 23.3 Å². The van der Waals surface area contributed by atoms with Gasteiger partial charge in [0.05, 0.1) is 30.6 Å². The SMILES string of the molecule is COc1cc(O)ccc1N(c1ccccc1)c1ncnc2ccc(C#CC(C)NS(C)(=O)=O)cc12. The molecule has 0 saturated carbocycles. The van der Waals surface area contributed by atoms with Crippen LogP contribution in [0.4, 0.5) is 17.2 Å². The number of hydrogen-bond donors (Lipinski definition) is 2. The smallest absolute Gasteiger partial charge is 0.209 e. The number of anilines is 3. The molecule has 4 rings (SSSR count). The van der Waals surface area contributed by atoms with Gasteiger partial charge in [0.25, 0.3) is 0 Å². The summed E-state index contributed by atoms with van der Waals surface area (Å²) in [6.07, 6.45) is 2.59. The van der Waals surface area contributed by atoms with Gasteiger partial charge >= 0.3 is 0 Å². The van der Waals surface area contributed by atoms with Gasteiger partial charge in [-0.3, -0.25) is 4.90 Å². The Morgan fingerprint density at radius 1 is 1.06 bits per heavy atom. The molecule has 1 aromatic heterocycles. The minimum Gasteiger partial charge on any atom is -0.508 e. The number of aromatic hydroxyl groups is 1. The summed E-state index contributed by atoms with van der Waals surface area (Å²) >= 11 is 0. The molecular weight excluding hydrogens is 464 g/mol. The van der Waals surface area contributed by atoms with Crippen LogP contribution in [0, 0.1) is 11.8 Å². The lowest BCUT2D eigenvalue weighted by Gasteiger charge is -2.26. The Hall–Kier alpha value is -4.13. The van der Waals surface area contributed by atoms with Gasteiger partial charge in [0.2, 0.25) is 10.0 Å². The molecule has 1 atom stereocenters. The van der Waals surface area contributed by atoms with E-state index >= 15 is 0 Å². The van der Waals surface area contributed by atoms with E-state index in [9.17, 15) is 13.5 Å². The summed E-state index contributed by atoms with van der Waals surface area (Å²) < 4.78 is 30.9. The minimum absolute atomic E-state index is 0.0838. The lowest BCUT2D eigenvalue weighted by atomic mass is 10.1. The zero-order valence-corrected chi connectivity index (χ0v) is 20.2. The van der Waals surface area contributed by atoms with Crippen molar-refractivity contribution in [2.45, 2.75) is 13.0 Å². The number of fused-ring (bicyclic) bond motifs is 1. The number of hydrogen-bond acceptors (Lipinski definition) is 7. The lowest BCUT2D eigenvalue weighted by Crippen LogP contribution is -2.30. The Kier molecular flexibility index (Phi) is 6.87. The van der Waals surface area contributed by atoms with E-state index in [-0.39, 0.29) is 5.75 Å². The molecular formula is C26H24N4O4S. The van der Waals surface area contributed by atoms with Crippen LogP contribution in [0.2, 0.25) is 0 Å². The Labute approximate surface area is 204 Å². The summed E-state index contributed by atoms with van der Waals surface area (Å²) in [4.78, 5) is 10.9. The molecule has 8 nitrogen and oxygen atoms in total. The minimum atomic E-state index is -3.36. The van der Waals surface area contributed by atoms with Gasteiger partial charge in [-0.2, -0.15) is 0 Å². The zero-order valence-electron chi connectivity index (χ0n) is 19.4. The van der Waals surface area contributed by atoms with E-state index in [2.05, 4.69) is 26.5 Å². The van der Waals surface area contributed by atoms with Gasteiger partial charge in [0.15, 0.2) is 0 Å². The Morgan fingerprint density at radius 3 is 2.54 bits per heavy atom. The Balaban J connectivity index is 1.88. The molecule has 0 saturated heterocycles. The molecule has 0 fully saturated rings. The van der Waals surface area contributed by atoms with Crippen LogP contribution in [-0.2, 0) is 10.0 Å². The first-order valence-corrected chi connectivity index (χ1v) is 12.6. The number of sulfonamides is 1. The molecule has 0 aliphatic rings. The second kappa shape index (κ2) is 10.0. The van der Waals surface area contributed by atoms with Crippen molar-refractivity contribution in [3.63, 3.8) is 0 Å². The molecule has 1 heterocycles. The van der Waals surface area contributed by atoms with Crippen LogP contribution in [0.5, 0.6) is 11.5 Å². The third kappa shape index (κ3) is 5.69. The molecule has 35 heavy (non-hydrogen) atoms. The average molecular weight is 489 g/mol. The van der Waals surface area contributed by atoms with Gasteiger partial charge in [0, 0.05) is 22.7 Å². The first-order valence-electron chi connectivity index (χ1n) is 10.7. The van der Waals surface area contributed by atoms with Crippen molar-refractivity contribution in [1.82, 2.24) is 14.7 Å². The zero-order chi connectivity index (χ0) is 25.0. The molecule has 0 aliphatic carbocycles. The van der Waals surface area contributed by atoms with Gasteiger partial charge < -0.3 is 9.84 Å². The number of nitrogens with zero attached hydrogens (tertiary/aromatic N) is 3. The standard InChI is InChI=1S/C26H24N4O4S/c1-18(29-35(3,32)33)9-10-19-11-13-23-22(15-19)26(28-17-27-23)30(20-7-5-4-6-8-20)24-14-12-21(31)16-25(24)34-2/h4-8,11-18,29,31H,1-3H3. The highest BCUT2D eigenvalue weighted by molar-refractivity contribution is 7.88. The number of ether oxygens (including phenoxy) is 1. The number of phenols is 1. The lowest BCUT2D eigenvalue weighted by molar-refractivity contribution is 0.409. The van der Waals surface area contributed by atoms with Crippen LogP contribution < -0.4 is 14.4 Å². The van der Waals surface area contributed by atoms with E-state index in [0.29, 0.717) is 28.3 Å². The van der Waals surface area contributed by atoms with Gasteiger partial charge in [-0.25, -0.2) is 23.1 Å². The third-order valence-electron chi connectivity index (χ3n) is 5.07. The van der Waals surface area contributed by atoms with E-state index in [1.54, 1.807) is 32.2 Å². The first-order chi connectivity index (χ1) is 16.7. The van der Waals surface area contributed by atoms with E-state index < -0.39 is 16.1 Å². The predicted molar refractivity (Wildman–Crippen MR) is 137 cm³/mol. The van der Waals surface area contributed by atoms with Crippen LogP contribution >= 0.6 is 0 Å². The summed E-state index contributed by atoms with van der Waals surface area (Å²) in [5, 5.41) is 10.7. The van der Waals surface area contributed by atoms with Crippen molar-refractivity contribution < 1.29 is 18.3 Å². The fourth-order valence-corrected chi connectivity index (χ4v) is 4.35. The molecule has 178 valence electrons. The molecule has 9 heteroatoms. The van der Waals surface area contributed by atoms with Crippen LogP contribution in [-0.4, -0.2) is 42.9 Å².